The maximum atomic E-state index is 12.7. The summed E-state index contributed by atoms with van der Waals surface area (Å²) in [4.78, 5) is 56.3. The molecule has 11 nitrogen and oxygen atoms in total. The van der Waals surface area contributed by atoms with Crippen molar-refractivity contribution in [2.24, 2.45) is 0 Å². The smallest absolute Gasteiger partial charge is 0.328 e. The fourth-order valence-electron chi connectivity index (χ4n) is 2.74. The number of hydrogen-bond acceptors (Lipinski definition) is 11. The highest BCUT2D eigenvalue weighted by Gasteiger charge is 2.24. The van der Waals surface area contributed by atoms with Gasteiger partial charge in [0.15, 0.2) is 0 Å². The lowest BCUT2D eigenvalue weighted by molar-refractivity contribution is -0.146. The molecule has 0 saturated heterocycles. The Balaban J connectivity index is 1.95. The van der Waals surface area contributed by atoms with Crippen molar-refractivity contribution in [1.29, 1.82) is 0 Å². The zero-order valence-electron chi connectivity index (χ0n) is 18.3. The number of carbonyl (C=O) groups is 3. The first kappa shape index (κ1) is 26.2. The number of nitrogens with zero attached hydrogens (tertiary/aromatic N) is 1. The molecule has 33 heavy (non-hydrogen) atoms. The SMILES string of the molecule is CCOC(=O)CCC(NC(=O)c1ccc(CCSc2c(N)nc(N)[nH]c2=O)s1)C(=O)OCC. The van der Waals surface area contributed by atoms with Gasteiger partial charge >= 0.3 is 11.9 Å². The summed E-state index contributed by atoms with van der Waals surface area (Å²) in [6.07, 6.45) is 0.632. The van der Waals surface area contributed by atoms with Gasteiger partial charge in [0.2, 0.25) is 5.95 Å². The molecule has 13 heteroatoms. The van der Waals surface area contributed by atoms with E-state index in [9.17, 15) is 19.2 Å². The Hall–Kier alpha value is -3.06. The van der Waals surface area contributed by atoms with Crippen LogP contribution in [0.3, 0.4) is 0 Å². The molecule has 180 valence electrons. The lowest BCUT2D eigenvalue weighted by Crippen LogP contribution is -2.42. The van der Waals surface area contributed by atoms with E-state index in [2.05, 4.69) is 15.3 Å². The Morgan fingerprint density at radius 2 is 1.94 bits per heavy atom. The molecule has 2 rings (SSSR count). The number of nitrogens with one attached hydrogen (secondary N) is 2. The number of anilines is 2. The van der Waals surface area contributed by atoms with Crippen LogP contribution in [0, 0.1) is 0 Å². The van der Waals surface area contributed by atoms with E-state index in [0.29, 0.717) is 17.1 Å². The number of hydrogen-bond donors (Lipinski definition) is 4. The maximum absolute atomic E-state index is 12.7. The highest BCUT2D eigenvalue weighted by Crippen LogP contribution is 2.23. The molecule has 0 radical (unpaired) electrons. The van der Waals surface area contributed by atoms with Gasteiger partial charge in [-0.2, -0.15) is 4.98 Å². The van der Waals surface area contributed by atoms with Crippen LogP contribution >= 0.6 is 23.1 Å². The van der Waals surface area contributed by atoms with Gasteiger partial charge in [-0.25, -0.2) is 4.79 Å². The number of rotatable bonds is 12. The molecule has 0 bridgehead atoms. The number of amides is 1. The lowest BCUT2D eigenvalue weighted by atomic mass is 10.1. The third kappa shape index (κ3) is 8.09. The minimum Gasteiger partial charge on any atom is -0.466 e. The molecule has 2 aromatic heterocycles. The van der Waals surface area contributed by atoms with Crippen molar-refractivity contribution in [2.45, 2.75) is 44.0 Å². The molecule has 0 saturated carbocycles. The predicted octanol–water partition coefficient (Wildman–Crippen LogP) is 1.34. The predicted molar refractivity (Wildman–Crippen MR) is 126 cm³/mol. The molecule has 1 unspecified atom stereocenters. The second-order valence-corrected chi connectivity index (χ2v) is 8.93. The van der Waals surface area contributed by atoms with Gasteiger partial charge in [-0.1, -0.05) is 0 Å². The Morgan fingerprint density at radius 1 is 1.21 bits per heavy atom. The summed E-state index contributed by atoms with van der Waals surface area (Å²) < 4.78 is 9.88. The van der Waals surface area contributed by atoms with Gasteiger partial charge in [0, 0.05) is 17.1 Å². The highest BCUT2D eigenvalue weighted by atomic mass is 32.2. The van der Waals surface area contributed by atoms with E-state index in [1.165, 1.54) is 23.1 Å². The van der Waals surface area contributed by atoms with E-state index < -0.39 is 29.4 Å². The number of H-pyrrole nitrogens is 1. The molecular weight excluding hydrogens is 470 g/mol. The largest absolute Gasteiger partial charge is 0.466 e. The van der Waals surface area contributed by atoms with Crippen molar-refractivity contribution >= 4 is 52.7 Å². The van der Waals surface area contributed by atoms with E-state index in [0.717, 1.165) is 4.88 Å². The van der Waals surface area contributed by atoms with Gasteiger partial charge in [0.05, 0.1) is 18.1 Å². The Morgan fingerprint density at radius 3 is 2.61 bits per heavy atom. The van der Waals surface area contributed by atoms with Crippen LogP contribution in [0.2, 0.25) is 0 Å². The van der Waals surface area contributed by atoms with Crippen LogP contribution in [0.4, 0.5) is 11.8 Å². The fourth-order valence-corrected chi connectivity index (χ4v) is 4.68. The Labute approximate surface area is 198 Å². The van der Waals surface area contributed by atoms with Gasteiger partial charge in [-0.15, -0.1) is 23.1 Å². The monoisotopic (exact) mass is 497 g/mol. The number of ether oxygens (including phenoxy) is 2. The molecular formula is C20H27N5O6S2. The summed E-state index contributed by atoms with van der Waals surface area (Å²) in [6, 6.07) is 2.49. The van der Waals surface area contributed by atoms with Crippen LogP contribution in [0.15, 0.2) is 21.8 Å². The number of esters is 2. The molecule has 1 atom stereocenters. The second kappa shape index (κ2) is 12.8. The summed E-state index contributed by atoms with van der Waals surface area (Å²) in [5.74, 6) is -0.939. The summed E-state index contributed by atoms with van der Waals surface area (Å²) in [5, 5.41) is 2.63. The molecule has 0 spiro atoms. The normalized spacial score (nSPS) is 11.6. The average molecular weight is 498 g/mol. The van der Waals surface area contributed by atoms with Gasteiger partial charge in [-0.05, 0) is 38.8 Å². The Kier molecular flexibility index (Phi) is 10.2. The first-order valence-electron chi connectivity index (χ1n) is 10.2. The van der Waals surface area contributed by atoms with E-state index >= 15 is 0 Å². The van der Waals surface area contributed by atoms with Crippen LogP contribution < -0.4 is 22.3 Å². The molecule has 2 heterocycles. The number of thioether (sulfide) groups is 1. The molecule has 0 aliphatic rings. The number of aryl methyl sites for hydroxylation is 1. The van der Waals surface area contributed by atoms with Crippen LogP contribution in [0.5, 0.6) is 0 Å². The molecule has 0 aromatic carbocycles. The number of nitrogen functional groups attached to an aromatic ring is 2. The van der Waals surface area contributed by atoms with E-state index in [-0.39, 0.29) is 42.7 Å². The van der Waals surface area contributed by atoms with Gasteiger partial charge in [0.1, 0.15) is 16.8 Å². The third-order valence-corrected chi connectivity index (χ3v) is 6.46. The molecule has 0 aliphatic carbocycles. The molecule has 0 fully saturated rings. The number of nitrogens with two attached hydrogens (primary N) is 2. The van der Waals surface area contributed by atoms with Crippen molar-refractivity contribution in [1.82, 2.24) is 15.3 Å². The highest BCUT2D eigenvalue weighted by molar-refractivity contribution is 7.99. The second-order valence-electron chi connectivity index (χ2n) is 6.65. The number of aromatic amines is 1. The number of thiophene rings is 1. The summed E-state index contributed by atoms with van der Waals surface area (Å²) in [5.41, 5.74) is 10.8. The zero-order chi connectivity index (χ0) is 24.4. The minimum atomic E-state index is -0.962. The topological polar surface area (TPSA) is 179 Å². The van der Waals surface area contributed by atoms with Crippen LogP contribution in [-0.4, -0.2) is 52.8 Å². The quantitative estimate of drug-likeness (QED) is 0.247. The molecule has 2 aromatic rings. The zero-order valence-corrected chi connectivity index (χ0v) is 20.0. The summed E-state index contributed by atoms with van der Waals surface area (Å²) >= 11 is 2.51. The van der Waals surface area contributed by atoms with Crippen LogP contribution in [0.25, 0.3) is 0 Å². The summed E-state index contributed by atoms with van der Waals surface area (Å²) in [6.45, 7) is 3.74. The van der Waals surface area contributed by atoms with Crippen molar-refractivity contribution in [2.75, 3.05) is 30.4 Å². The number of carbonyl (C=O) groups excluding carboxylic acids is 3. The van der Waals surface area contributed by atoms with Crippen LogP contribution in [-0.2, 0) is 25.5 Å². The number of aromatic nitrogens is 2. The maximum Gasteiger partial charge on any atom is 0.328 e. The van der Waals surface area contributed by atoms with E-state index in [1.807, 2.05) is 0 Å². The van der Waals surface area contributed by atoms with E-state index in [1.54, 1.807) is 26.0 Å². The lowest BCUT2D eigenvalue weighted by Gasteiger charge is -2.16. The Bertz CT molecular complexity index is 1040. The van der Waals surface area contributed by atoms with Gasteiger partial charge < -0.3 is 26.3 Å². The molecule has 1 amide bonds. The average Bonchev–Trinajstić information content (AvgIpc) is 3.22. The van der Waals surface area contributed by atoms with Crippen molar-refractivity contribution < 1.29 is 23.9 Å². The van der Waals surface area contributed by atoms with Gasteiger partial charge in [-0.3, -0.25) is 19.4 Å². The molecule has 6 N–H and O–H groups in total. The van der Waals surface area contributed by atoms with Crippen molar-refractivity contribution in [3.05, 3.63) is 32.2 Å². The van der Waals surface area contributed by atoms with E-state index in [4.69, 9.17) is 20.9 Å². The minimum absolute atomic E-state index is 0.0211. The first-order chi connectivity index (χ1) is 15.7. The fraction of sp³-hybridized carbons (Fsp3) is 0.450. The molecule has 0 aliphatic heterocycles. The standard InChI is InChI=1S/C20H27N5O6S2/c1-3-30-14(26)8-6-12(19(29)31-4-2)23-17(27)13-7-5-11(33-13)9-10-32-15-16(21)24-20(22)25-18(15)28/h5,7,12H,3-4,6,8-10H2,1-2H3,(H,23,27)(H5,21,22,24,25,28). The summed E-state index contributed by atoms with van der Waals surface area (Å²) in [7, 11) is 0. The first-order valence-corrected chi connectivity index (χ1v) is 12.0. The van der Waals surface area contributed by atoms with Gasteiger partial charge in [0.25, 0.3) is 11.5 Å². The third-order valence-electron chi connectivity index (χ3n) is 4.22. The van der Waals surface area contributed by atoms with Crippen LogP contribution in [0.1, 0.15) is 41.2 Å². The van der Waals surface area contributed by atoms with Crippen molar-refractivity contribution in [3.8, 4) is 0 Å². The van der Waals surface area contributed by atoms with Crippen molar-refractivity contribution in [3.63, 3.8) is 0 Å².